The Hall–Kier alpha value is -1.35. The molecule has 0 spiro atoms. The van der Waals surface area contributed by atoms with E-state index in [-0.39, 0.29) is 5.91 Å². The maximum Gasteiger partial charge on any atom is 0.233 e. The van der Waals surface area contributed by atoms with E-state index in [1.807, 2.05) is 0 Å². The SMILES string of the molecule is CCCCNC(=O)CNC1Cc2ccccc2C1. The highest BCUT2D eigenvalue weighted by Gasteiger charge is 2.20. The standard InChI is InChI=1S/C15H22N2O/c1-2-3-8-16-15(18)11-17-14-9-12-6-4-5-7-13(12)10-14/h4-7,14,17H,2-3,8-11H2,1H3,(H,16,18). The maximum atomic E-state index is 11.6. The molecule has 3 heteroatoms. The molecule has 3 nitrogen and oxygen atoms in total. The Morgan fingerprint density at radius 3 is 2.56 bits per heavy atom. The first kappa shape index (κ1) is 13.1. The molecule has 18 heavy (non-hydrogen) atoms. The van der Waals surface area contributed by atoms with Gasteiger partial charge in [-0.3, -0.25) is 4.79 Å². The Morgan fingerprint density at radius 2 is 1.94 bits per heavy atom. The third-order valence-electron chi connectivity index (χ3n) is 3.45. The van der Waals surface area contributed by atoms with Crippen LogP contribution >= 0.6 is 0 Å². The lowest BCUT2D eigenvalue weighted by atomic mass is 10.1. The third kappa shape index (κ3) is 3.57. The molecule has 1 aromatic rings. The molecule has 1 aliphatic carbocycles. The van der Waals surface area contributed by atoms with Crippen molar-refractivity contribution >= 4 is 5.91 Å². The van der Waals surface area contributed by atoms with Gasteiger partial charge in [0.1, 0.15) is 0 Å². The van der Waals surface area contributed by atoms with Crippen LogP contribution in [0.3, 0.4) is 0 Å². The number of fused-ring (bicyclic) bond motifs is 1. The quantitative estimate of drug-likeness (QED) is 0.750. The lowest BCUT2D eigenvalue weighted by Crippen LogP contribution is -2.39. The van der Waals surface area contributed by atoms with Crippen molar-refractivity contribution in [3.63, 3.8) is 0 Å². The molecule has 0 heterocycles. The second-order valence-electron chi connectivity index (χ2n) is 4.96. The van der Waals surface area contributed by atoms with Crippen LogP contribution in [0.5, 0.6) is 0 Å². The predicted molar refractivity (Wildman–Crippen MR) is 73.6 cm³/mol. The summed E-state index contributed by atoms with van der Waals surface area (Å²) >= 11 is 0. The summed E-state index contributed by atoms with van der Waals surface area (Å²) in [5.41, 5.74) is 2.84. The van der Waals surface area contributed by atoms with E-state index in [1.54, 1.807) is 0 Å². The van der Waals surface area contributed by atoms with Gasteiger partial charge in [0.05, 0.1) is 6.54 Å². The monoisotopic (exact) mass is 246 g/mol. The highest BCUT2D eigenvalue weighted by molar-refractivity contribution is 5.78. The molecular weight excluding hydrogens is 224 g/mol. The molecule has 0 aliphatic heterocycles. The van der Waals surface area contributed by atoms with Gasteiger partial charge in [-0.25, -0.2) is 0 Å². The van der Waals surface area contributed by atoms with Crippen molar-refractivity contribution in [2.75, 3.05) is 13.1 Å². The van der Waals surface area contributed by atoms with Gasteiger partial charge < -0.3 is 10.6 Å². The van der Waals surface area contributed by atoms with Gasteiger partial charge in [0.15, 0.2) is 0 Å². The van der Waals surface area contributed by atoms with E-state index in [2.05, 4.69) is 41.8 Å². The van der Waals surface area contributed by atoms with Crippen LogP contribution in [0.2, 0.25) is 0 Å². The Bertz CT molecular complexity index is 378. The van der Waals surface area contributed by atoms with Gasteiger partial charge in [-0.15, -0.1) is 0 Å². The summed E-state index contributed by atoms with van der Waals surface area (Å²) in [6.45, 7) is 3.35. The van der Waals surface area contributed by atoms with Crippen LogP contribution in [0.15, 0.2) is 24.3 Å². The first-order chi connectivity index (χ1) is 8.79. The van der Waals surface area contributed by atoms with Crippen molar-refractivity contribution in [3.05, 3.63) is 35.4 Å². The van der Waals surface area contributed by atoms with Crippen molar-refractivity contribution in [2.24, 2.45) is 0 Å². The van der Waals surface area contributed by atoms with Gasteiger partial charge in [-0.2, -0.15) is 0 Å². The smallest absolute Gasteiger partial charge is 0.233 e. The van der Waals surface area contributed by atoms with Gasteiger partial charge >= 0.3 is 0 Å². The average molecular weight is 246 g/mol. The minimum atomic E-state index is 0.111. The summed E-state index contributed by atoms with van der Waals surface area (Å²) in [6, 6.07) is 8.94. The molecule has 1 aliphatic rings. The number of nitrogens with one attached hydrogen (secondary N) is 2. The Kier molecular flexibility index (Phi) is 4.76. The molecule has 2 N–H and O–H groups in total. The Balaban J connectivity index is 1.69. The summed E-state index contributed by atoms with van der Waals surface area (Å²) < 4.78 is 0. The summed E-state index contributed by atoms with van der Waals surface area (Å²) in [6.07, 6.45) is 4.25. The lowest BCUT2D eigenvalue weighted by Gasteiger charge is -2.11. The molecule has 0 atom stereocenters. The average Bonchev–Trinajstić information content (AvgIpc) is 2.79. The summed E-state index contributed by atoms with van der Waals surface area (Å²) in [5.74, 6) is 0.111. The van der Waals surface area contributed by atoms with E-state index in [1.165, 1.54) is 11.1 Å². The number of hydrogen-bond donors (Lipinski definition) is 2. The van der Waals surface area contributed by atoms with Crippen molar-refractivity contribution in [1.29, 1.82) is 0 Å². The van der Waals surface area contributed by atoms with Crippen LogP contribution in [0.25, 0.3) is 0 Å². The molecule has 0 unspecified atom stereocenters. The van der Waals surface area contributed by atoms with Crippen LogP contribution in [0.1, 0.15) is 30.9 Å². The molecular formula is C15H22N2O. The molecule has 0 radical (unpaired) electrons. The number of amides is 1. The van der Waals surface area contributed by atoms with E-state index >= 15 is 0 Å². The number of hydrogen-bond acceptors (Lipinski definition) is 2. The largest absolute Gasteiger partial charge is 0.355 e. The van der Waals surface area contributed by atoms with E-state index in [9.17, 15) is 4.79 Å². The summed E-state index contributed by atoms with van der Waals surface area (Å²) in [5, 5.41) is 6.27. The van der Waals surface area contributed by atoms with Crippen LogP contribution in [-0.4, -0.2) is 25.0 Å². The molecule has 0 fully saturated rings. The first-order valence-electron chi connectivity index (χ1n) is 6.86. The van der Waals surface area contributed by atoms with Gasteiger partial charge in [0, 0.05) is 12.6 Å². The number of carbonyl (C=O) groups excluding carboxylic acids is 1. The zero-order chi connectivity index (χ0) is 12.8. The predicted octanol–water partition coefficient (Wildman–Crippen LogP) is 1.66. The highest BCUT2D eigenvalue weighted by atomic mass is 16.1. The van der Waals surface area contributed by atoms with Crippen LogP contribution in [-0.2, 0) is 17.6 Å². The van der Waals surface area contributed by atoms with Gasteiger partial charge in [0.25, 0.3) is 0 Å². The van der Waals surface area contributed by atoms with Crippen molar-refractivity contribution < 1.29 is 4.79 Å². The third-order valence-corrected chi connectivity index (χ3v) is 3.45. The van der Waals surface area contributed by atoms with Crippen molar-refractivity contribution in [1.82, 2.24) is 10.6 Å². The van der Waals surface area contributed by atoms with Crippen LogP contribution < -0.4 is 10.6 Å². The highest BCUT2D eigenvalue weighted by Crippen LogP contribution is 2.21. The molecule has 0 saturated carbocycles. The molecule has 2 rings (SSSR count). The second kappa shape index (κ2) is 6.55. The van der Waals surface area contributed by atoms with Gasteiger partial charge in [0.2, 0.25) is 5.91 Å². The number of rotatable bonds is 6. The summed E-state index contributed by atoms with van der Waals surface area (Å²) in [7, 11) is 0. The topological polar surface area (TPSA) is 41.1 Å². The fourth-order valence-corrected chi connectivity index (χ4v) is 2.41. The molecule has 1 amide bonds. The molecule has 0 bridgehead atoms. The molecule has 98 valence electrons. The first-order valence-corrected chi connectivity index (χ1v) is 6.86. The number of carbonyl (C=O) groups is 1. The van der Waals surface area contributed by atoms with Crippen molar-refractivity contribution in [3.8, 4) is 0 Å². The van der Waals surface area contributed by atoms with E-state index in [4.69, 9.17) is 0 Å². The Labute approximate surface area is 109 Å². The second-order valence-corrected chi connectivity index (χ2v) is 4.96. The number of benzene rings is 1. The van der Waals surface area contributed by atoms with Gasteiger partial charge in [-0.05, 0) is 30.4 Å². The van der Waals surface area contributed by atoms with Crippen LogP contribution in [0.4, 0.5) is 0 Å². The normalized spacial score (nSPS) is 14.5. The zero-order valence-corrected chi connectivity index (χ0v) is 11.0. The fourth-order valence-electron chi connectivity index (χ4n) is 2.41. The van der Waals surface area contributed by atoms with Crippen LogP contribution in [0, 0.1) is 0 Å². The lowest BCUT2D eigenvalue weighted by molar-refractivity contribution is -0.120. The molecule has 0 saturated heterocycles. The molecule has 1 aromatic carbocycles. The van der Waals surface area contributed by atoms with E-state index in [0.29, 0.717) is 12.6 Å². The van der Waals surface area contributed by atoms with E-state index in [0.717, 1.165) is 32.2 Å². The van der Waals surface area contributed by atoms with Crippen molar-refractivity contribution in [2.45, 2.75) is 38.6 Å². The Morgan fingerprint density at radius 1 is 1.28 bits per heavy atom. The fraction of sp³-hybridized carbons (Fsp3) is 0.533. The van der Waals surface area contributed by atoms with E-state index < -0.39 is 0 Å². The summed E-state index contributed by atoms with van der Waals surface area (Å²) in [4.78, 5) is 11.6. The molecule has 0 aromatic heterocycles. The minimum Gasteiger partial charge on any atom is -0.355 e. The number of unbranched alkanes of at least 4 members (excludes halogenated alkanes) is 1. The minimum absolute atomic E-state index is 0.111. The zero-order valence-electron chi connectivity index (χ0n) is 11.0. The maximum absolute atomic E-state index is 11.6. The van der Waals surface area contributed by atoms with Gasteiger partial charge in [-0.1, -0.05) is 37.6 Å².